The van der Waals surface area contributed by atoms with Gasteiger partial charge in [-0.25, -0.2) is 9.18 Å². The Kier molecular flexibility index (Phi) is 4.23. The fraction of sp³-hybridized carbons (Fsp3) is 0.562. The predicted molar refractivity (Wildman–Crippen MR) is 78.8 cm³/mol. The SMILES string of the molecule is CC(C)(C)OC(=O)Nc1ccc(CCC2(O)CC2)c(F)c1. The van der Waals surface area contributed by atoms with E-state index in [4.69, 9.17) is 4.74 Å². The van der Waals surface area contributed by atoms with Gasteiger partial charge in [-0.3, -0.25) is 5.32 Å². The van der Waals surface area contributed by atoms with E-state index in [0.717, 1.165) is 12.8 Å². The smallest absolute Gasteiger partial charge is 0.412 e. The van der Waals surface area contributed by atoms with Crippen molar-refractivity contribution >= 4 is 11.8 Å². The molecule has 1 fully saturated rings. The van der Waals surface area contributed by atoms with E-state index in [9.17, 15) is 14.3 Å². The van der Waals surface area contributed by atoms with Gasteiger partial charge in [-0.15, -0.1) is 0 Å². The van der Waals surface area contributed by atoms with Gasteiger partial charge in [-0.1, -0.05) is 6.07 Å². The molecule has 1 aromatic rings. The number of aryl methyl sites for hydroxylation is 1. The highest BCUT2D eigenvalue weighted by molar-refractivity contribution is 5.84. The van der Waals surface area contributed by atoms with Gasteiger partial charge in [-0.2, -0.15) is 0 Å². The van der Waals surface area contributed by atoms with Crippen LogP contribution in [-0.2, 0) is 11.2 Å². The van der Waals surface area contributed by atoms with Gasteiger partial charge in [0, 0.05) is 5.69 Å². The number of anilines is 1. The van der Waals surface area contributed by atoms with Gasteiger partial charge in [0.1, 0.15) is 11.4 Å². The van der Waals surface area contributed by atoms with Crippen LogP contribution in [0.1, 0.15) is 45.6 Å². The van der Waals surface area contributed by atoms with E-state index in [1.807, 2.05) is 0 Å². The Hall–Kier alpha value is -1.62. The summed E-state index contributed by atoms with van der Waals surface area (Å²) in [5, 5.41) is 12.3. The van der Waals surface area contributed by atoms with E-state index in [0.29, 0.717) is 24.1 Å². The number of hydrogen-bond acceptors (Lipinski definition) is 3. The van der Waals surface area contributed by atoms with E-state index < -0.39 is 17.3 Å². The lowest BCUT2D eigenvalue weighted by Gasteiger charge is -2.19. The zero-order valence-corrected chi connectivity index (χ0v) is 12.7. The van der Waals surface area contributed by atoms with Gasteiger partial charge < -0.3 is 9.84 Å². The van der Waals surface area contributed by atoms with Gasteiger partial charge in [-0.05, 0) is 64.2 Å². The van der Waals surface area contributed by atoms with E-state index >= 15 is 0 Å². The molecule has 0 saturated heterocycles. The minimum atomic E-state index is -0.609. The maximum absolute atomic E-state index is 14.0. The first-order valence-corrected chi connectivity index (χ1v) is 7.18. The molecule has 2 N–H and O–H groups in total. The summed E-state index contributed by atoms with van der Waals surface area (Å²) in [5.41, 5.74) is -0.275. The van der Waals surface area contributed by atoms with Gasteiger partial charge in [0.05, 0.1) is 5.60 Å². The standard InChI is InChI=1S/C16H22FNO3/c1-15(2,3)21-14(19)18-12-5-4-11(13(17)10-12)6-7-16(20)8-9-16/h4-5,10,20H,6-9H2,1-3H3,(H,18,19). The first-order valence-electron chi connectivity index (χ1n) is 7.18. The topological polar surface area (TPSA) is 58.6 Å². The molecule has 1 aromatic carbocycles. The number of hydrogen-bond donors (Lipinski definition) is 2. The van der Waals surface area contributed by atoms with Crippen molar-refractivity contribution in [2.45, 2.75) is 57.7 Å². The zero-order valence-electron chi connectivity index (χ0n) is 12.7. The van der Waals surface area contributed by atoms with Crippen molar-refractivity contribution in [3.05, 3.63) is 29.6 Å². The number of rotatable bonds is 4. The van der Waals surface area contributed by atoms with Gasteiger partial charge in [0.2, 0.25) is 0 Å². The van der Waals surface area contributed by atoms with Crippen molar-refractivity contribution in [2.24, 2.45) is 0 Å². The summed E-state index contributed by atoms with van der Waals surface area (Å²) >= 11 is 0. The molecule has 116 valence electrons. The average Bonchev–Trinajstić information content (AvgIpc) is 3.04. The van der Waals surface area contributed by atoms with Crippen LogP contribution in [0.25, 0.3) is 0 Å². The van der Waals surface area contributed by atoms with Crippen LogP contribution in [-0.4, -0.2) is 22.4 Å². The first kappa shape index (κ1) is 15.8. The number of ether oxygens (including phenoxy) is 1. The number of benzene rings is 1. The van der Waals surface area contributed by atoms with Crippen molar-refractivity contribution in [1.82, 2.24) is 0 Å². The molecule has 4 nitrogen and oxygen atoms in total. The van der Waals surface area contributed by atoms with E-state index in [1.165, 1.54) is 6.07 Å². The summed E-state index contributed by atoms with van der Waals surface area (Å²) in [4.78, 5) is 11.6. The van der Waals surface area contributed by atoms with Crippen molar-refractivity contribution in [1.29, 1.82) is 0 Å². The van der Waals surface area contributed by atoms with Gasteiger partial charge >= 0.3 is 6.09 Å². The molecule has 5 heteroatoms. The molecule has 1 amide bonds. The molecular weight excluding hydrogens is 273 g/mol. The van der Waals surface area contributed by atoms with Crippen LogP contribution in [0.4, 0.5) is 14.9 Å². The first-order chi connectivity index (χ1) is 9.67. The molecule has 2 rings (SSSR count). The van der Waals surface area contributed by atoms with Gasteiger partial charge in [0.25, 0.3) is 0 Å². The Labute approximate surface area is 124 Å². The van der Waals surface area contributed by atoms with Crippen molar-refractivity contribution in [3.8, 4) is 0 Å². The van der Waals surface area contributed by atoms with E-state index in [1.54, 1.807) is 32.9 Å². The molecule has 0 heterocycles. The normalized spacial score (nSPS) is 16.4. The fourth-order valence-corrected chi connectivity index (χ4v) is 2.01. The Balaban J connectivity index is 1.93. The van der Waals surface area contributed by atoms with Crippen LogP contribution in [0.2, 0.25) is 0 Å². The quantitative estimate of drug-likeness (QED) is 0.891. The summed E-state index contributed by atoms with van der Waals surface area (Å²) in [7, 11) is 0. The molecule has 1 saturated carbocycles. The summed E-state index contributed by atoms with van der Waals surface area (Å²) < 4.78 is 19.1. The van der Waals surface area contributed by atoms with Crippen molar-refractivity contribution in [3.63, 3.8) is 0 Å². The van der Waals surface area contributed by atoms with Crippen molar-refractivity contribution in [2.75, 3.05) is 5.32 Å². The Morgan fingerprint density at radius 1 is 1.43 bits per heavy atom. The maximum atomic E-state index is 14.0. The molecule has 0 unspecified atom stereocenters. The molecule has 0 radical (unpaired) electrons. The molecule has 0 aromatic heterocycles. The van der Waals surface area contributed by atoms with Crippen LogP contribution in [0.15, 0.2) is 18.2 Å². The minimum Gasteiger partial charge on any atom is -0.444 e. The largest absolute Gasteiger partial charge is 0.444 e. The lowest BCUT2D eigenvalue weighted by Crippen LogP contribution is -2.27. The van der Waals surface area contributed by atoms with E-state index in [2.05, 4.69) is 5.32 Å². The van der Waals surface area contributed by atoms with Crippen LogP contribution < -0.4 is 5.32 Å². The van der Waals surface area contributed by atoms with Gasteiger partial charge in [0.15, 0.2) is 0 Å². The lowest BCUT2D eigenvalue weighted by molar-refractivity contribution is 0.0636. The molecule has 0 atom stereocenters. The van der Waals surface area contributed by atoms with Crippen LogP contribution in [0.5, 0.6) is 0 Å². The maximum Gasteiger partial charge on any atom is 0.412 e. The molecule has 0 spiro atoms. The summed E-state index contributed by atoms with van der Waals surface area (Å²) in [6.45, 7) is 5.29. The second kappa shape index (κ2) is 5.64. The van der Waals surface area contributed by atoms with E-state index in [-0.39, 0.29) is 5.82 Å². The number of amides is 1. The minimum absolute atomic E-state index is 0.357. The highest BCUT2D eigenvalue weighted by Gasteiger charge is 2.39. The molecule has 0 aliphatic heterocycles. The average molecular weight is 295 g/mol. The second-order valence-electron chi connectivity index (χ2n) is 6.66. The van der Waals surface area contributed by atoms with Crippen LogP contribution in [0, 0.1) is 5.82 Å². The number of carbonyl (C=O) groups excluding carboxylic acids is 1. The summed E-state index contributed by atoms with van der Waals surface area (Å²) in [6, 6.07) is 4.54. The summed E-state index contributed by atoms with van der Waals surface area (Å²) in [5.74, 6) is -0.382. The molecular formula is C16H22FNO3. The molecule has 1 aliphatic carbocycles. The highest BCUT2D eigenvalue weighted by Crippen LogP contribution is 2.39. The number of carbonyl (C=O) groups is 1. The third-order valence-electron chi connectivity index (χ3n) is 3.39. The monoisotopic (exact) mass is 295 g/mol. The Morgan fingerprint density at radius 2 is 2.10 bits per heavy atom. The number of aliphatic hydroxyl groups is 1. The Morgan fingerprint density at radius 3 is 2.62 bits per heavy atom. The fourth-order valence-electron chi connectivity index (χ4n) is 2.01. The molecule has 0 bridgehead atoms. The van der Waals surface area contributed by atoms with Crippen LogP contribution >= 0.6 is 0 Å². The van der Waals surface area contributed by atoms with Crippen LogP contribution in [0.3, 0.4) is 0 Å². The number of nitrogens with one attached hydrogen (secondary N) is 1. The van der Waals surface area contributed by atoms with Crippen molar-refractivity contribution < 1.29 is 19.0 Å². The zero-order chi connectivity index (χ0) is 15.7. The Bertz CT molecular complexity index is 533. The summed E-state index contributed by atoms with van der Waals surface area (Å²) in [6.07, 6.45) is 2.05. The lowest BCUT2D eigenvalue weighted by atomic mass is 10.0. The third kappa shape index (κ3) is 5.01. The number of halogens is 1. The molecule has 21 heavy (non-hydrogen) atoms. The molecule has 1 aliphatic rings. The second-order valence-corrected chi connectivity index (χ2v) is 6.66. The third-order valence-corrected chi connectivity index (χ3v) is 3.39. The highest BCUT2D eigenvalue weighted by atomic mass is 19.1. The predicted octanol–water partition coefficient (Wildman–Crippen LogP) is 3.63.